The Hall–Kier alpha value is -1.18. The maximum absolute atomic E-state index is 11.7. The first-order chi connectivity index (χ1) is 6.77. The molecule has 0 aliphatic heterocycles. The molecule has 4 aliphatic rings. The van der Waals surface area contributed by atoms with Crippen LogP contribution in [0.2, 0.25) is 0 Å². The van der Waals surface area contributed by atoms with Crippen molar-refractivity contribution in [2.75, 3.05) is 0 Å². The van der Waals surface area contributed by atoms with E-state index in [-0.39, 0.29) is 23.4 Å². The highest BCUT2D eigenvalue weighted by atomic mass is 16.1. The van der Waals surface area contributed by atoms with Crippen molar-refractivity contribution < 1.29 is 9.59 Å². The smallest absolute Gasteiger partial charge is 0.160 e. The van der Waals surface area contributed by atoms with E-state index in [0.29, 0.717) is 11.8 Å². The van der Waals surface area contributed by atoms with Gasteiger partial charge in [0.2, 0.25) is 0 Å². The lowest BCUT2D eigenvalue weighted by Crippen LogP contribution is -2.46. The van der Waals surface area contributed by atoms with E-state index in [4.69, 9.17) is 0 Å². The minimum Gasteiger partial charge on any atom is -0.294 e. The summed E-state index contributed by atoms with van der Waals surface area (Å²) in [5.74, 6) is 0.910. The van der Waals surface area contributed by atoms with Gasteiger partial charge in [-0.3, -0.25) is 9.59 Å². The van der Waals surface area contributed by atoms with E-state index >= 15 is 0 Å². The molecule has 0 saturated heterocycles. The van der Waals surface area contributed by atoms with E-state index in [0.717, 1.165) is 12.8 Å². The van der Waals surface area contributed by atoms with Gasteiger partial charge in [0.05, 0.1) is 0 Å². The molecule has 0 aromatic rings. The molecule has 4 aliphatic carbocycles. The Labute approximate surface area is 82.7 Å². The Bertz CT molecular complexity index is 331. The molecule has 2 bridgehead atoms. The highest BCUT2D eigenvalue weighted by molar-refractivity contribution is 6.08. The third kappa shape index (κ3) is 0.912. The lowest BCUT2D eigenvalue weighted by molar-refractivity contribution is -0.134. The Balaban J connectivity index is 2.09. The van der Waals surface area contributed by atoms with Gasteiger partial charge in [-0.1, -0.05) is 12.2 Å². The molecule has 0 aromatic carbocycles. The molecule has 0 radical (unpaired) electrons. The molecule has 14 heavy (non-hydrogen) atoms. The molecule has 4 rings (SSSR count). The molecule has 1 saturated carbocycles. The summed E-state index contributed by atoms with van der Waals surface area (Å²) in [7, 11) is 0. The van der Waals surface area contributed by atoms with Crippen molar-refractivity contribution in [2.24, 2.45) is 23.7 Å². The van der Waals surface area contributed by atoms with E-state index in [1.807, 2.05) is 0 Å². The first-order valence-corrected chi connectivity index (χ1v) is 5.21. The Morgan fingerprint density at radius 3 is 1.64 bits per heavy atom. The van der Waals surface area contributed by atoms with Crippen LogP contribution in [0.3, 0.4) is 0 Å². The number of hydrogen-bond acceptors (Lipinski definition) is 2. The number of rotatable bonds is 0. The second kappa shape index (κ2) is 2.66. The van der Waals surface area contributed by atoms with Crippen molar-refractivity contribution in [1.82, 2.24) is 0 Å². The van der Waals surface area contributed by atoms with Crippen LogP contribution < -0.4 is 0 Å². The van der Waals surface area contributed by atoms with Crippen molar-refractivity contribution in [2.45, 2.75) is 12.8 Å². The predicted molar refractivity (Wildman–Crippen MR) is 51.5 cm³/mol. The van der Waals surface area contributed by atoms with Crippen molar-refractivity contribution in [1.29, 1.82) is 0 Å². The fourth-order valence-corrected chi connectivity index (χ4v) is 3.16. The van der Waals surface area contributed by atoms with Crippen molar-refractivity contribution in [3.05, 3.63) is 24.3 Å². The van der Waals surface area contributed by atoms with Gasteiger partial charge in [0.1, 0.15) is 0 Å². The zero-order chi connectivity index (χ0) is 9.71. The van der Waals surface area contributed by atoms with Gasteiger partial charge in [-0.05, 0) is 36.8 Å². The average molecular weight is 188 g/mol. The van der Waals surface area contributed by atoms with Crippen molar-refractivity contribution >= 4 is 11.6 Å². The summed E-state index contributed by atoms with van der Waals surface area (Å²) in [4.78, 5) is 23.4. The summed E-state index contributed by atoms with van der Waals surface area (Å²) < 4.78 is 0. The number of hydrogen-bond donors (Lipinski definition) is 0. The number of carbonyl (C=O) groups excluding carboxylic acids is 2. The monoisotopic (exact) mass is 188 g/mol. The van der Waals surface area contributed by atoms with Gasteiger partial charge < -0.3 is 0 Å². The summed E-state index contributed by atoms with van der Waals surface area (Å²) in [5, 5.41) is 0. The molecule has 0 heterocycles. The second-order valence-electron chi connectivity index (χ2n) is 4.48. The van der Waals surface area contributed by atoms with Gasteiger partial charge in [0, 0.05) is 11.8 Å². The SMILES string of the molecule is O=C1C=CC(=O)[C@H]2[C@@H]1[C@H]1C=C[C@@H]2CC1. The molecule has 0 unspecified atom stereocenters. The van der Waals surface area contributed by atoms with Crippen LogP contribution >= 0.6 is 0 Å². The third-order valence-electron chi connectivity index (χ3n) is 3.82. The summed E-state index contributed by atoms with van der Waals surface area (Å²) in [6.07, 6.45) is 9.37. The number of ketones is 2. The maximum atomic E-state index is 11.7. The fraction of sp³-hybridized carbons (Fsp3) is 0.500. The largest absolute Gasteiger partial charge is 0.294 e. The van der Waals surface area contributed by atoms with Crippen LogP contribution in [0.25, 0.3) is 0 Å². The van der Waals surface area contributed by atoms with Crippen molar-refractivity contribution in [3.8, 4) is 0 Å². The zero-order valence-corrected chi connectivity index (χ0v) is 7.85. The first-order valence-electron chi connectivity index (χ1n) is 5.21. The normalized spacial score (nSPS) is 44.3. The highest BCUT2D eigenvalue weighted by Crippen LogP contribution is 2.47. The Kier molecular flexibility index (Phi) is 1.55. The number of allylic oxidation sites excluding steroid dienone is 4. The first kappa shape index (κ1) is 8.16. The quantitative estimate of drug-likeness (QED) is 0.540. The molecule has 1 fully saturated rings. The van der Waals surface area contributed by atoms with E-state index < -0.39 is 0 Å². The highest BCUT2D eigenvalue weighted by Gasteiger charge is 2.47. The summed E-state index contributed by atoms with van der Waals surface area (Å²) in [5.41, 5.74) is 0. The molecular formula is C12H12O2. The molecular weight excluding hydrogens is 176 g/mol. The van der Waals surface area contributed by atoms with E-state index in [9.17, 15) is 9.59 Å². The van der Waals surface area contributed by atoms with Crippen LogP contribution in [-0.4, -0.2) is 11.6 Å². The maximum Gasteiger partial charge on any atom is 0.160 e. The molecule has 0 spiro atoms. The summed E-state index contributed by atoms with van der Waals surface area (Å²) >= 11 is 0. The van der Waals surface area contributed by atoms with Gasteiger partial charge in [0.15, 0.2) is 11.6 Å². The van der Waals surface area contributed by atoms with Gasteiger partial charge in [-0.15, -0.1) is 0 Å². The number of fused-ring (bicyclic) bond motifs is 1. The molecule has 0 N–H and O–H groups in total. The number of carbonyl (C=O) groups is 2. The topological polar surface area (TPSA) is 34.1 Å². The molecule has 2 heteroatoms. The minimum absolute atomic E-state index is 0.0313. The van der Waals surface area contributed by atoms with Crippen LogP contribution in [0.15, 0.2) is 24.3 Å². The van der Waals surface area contributed by atoms with Gasteiger partial charge >= 0.3 is 0 Å². The molecule has 4 atom stereocenters. The molecule has 72 valence electrons. The second-order valence-corrected chi connectivity index (χ2v) is 4.48. The molecule has 0 aromatic heterocycles. The van der Waals surface area contributed by atoms with Crippen LogP contribution in [0.4, 0.5) is 0 Å². The fourth-order valence-electron chi connectivity index (χ4n) is 3.16. The average Bonchev–Trinajstić information content (AvgIpc) is 2.25. The molecule has 0 amide bonds. The van der Waals surface area contributed by atoms with Gasteiger partial charge in [-0.25, -0.2) is 0 Å². The standard InChI is InChI=1S/C12H12O2/c13-9-5-6-10(14)12-8-2-1-7(3-4-8)11(9)12/h1-2,5-8,11-12H,3-4H2/t7-,8+,11+,12-. The summed E-state index contributed by atoms with van der Waals surface area (Å²) in [6, 6.07) is 0. The lowest BCUT2D eigenvalue weighted by atomic mass is 9.58. The van der Waals surface area contributed by atoms with Crippen LogP contribution in [0.1, 0.15) is 12.8 Å². The van der Waals surface area contributed by atoms with Crippen molar-refractivity contribution in [3.63, 3.8) is 0 Å². The van der Waals surface area contributed by atoms with Gasteiger partial charge in [0.25, 0.3) is 0 Å². The predicted octanol–water partition coefficient (Wildman–Crippen LogP) is 1.52. The van der Waals surface area contributed by atoms with E-state index in [1.54, 1.807) is 0 Å². The minimum atomic E-state index is -0.0313. The summed E-state index contributed by atoms with van der Waals surface area (Å²) in [6.45, 7) is 0. The molecule has 2 nitrogen and oxygen atoms in total. The zero-order valence-electron chi connectivity index (χ0n) is 7.85. The Morgan fingerprint density at radius 2 is 1.29 bits per heavy atom. The van der Waals surface area contributed by atoms with Gasteiger partial charge in [-0.2, -0.15) is 0 Å². The lowest BCUT2D eigenvalue weighted by Gasteiger charge is -2.43. The Morgan fingerprint density at radius 1 is 0.857 bits per heavy atom. The van der Waals surface area contributed by atoms with E-state index in [2.05, 4.69) is 12.2 Å². The van der Waals surface area contributed by atoms with Crippen LogP contribution in [0.5, 0.6) is 0 Å². The third-order valence-corrected chi connectivity index (χ3v) is 3.82. The van der Waals surface area contributed by atoms with Crippen LogP contribution in [0, 0.1) is 23.7 Å². The van der Waals surface area contributed by atoms with Crippen LogP contribution in [-0.2, 0) is 9.59 Å². The van der Waals surface area contributed by atoms with E-state index in [1.165, 1.54) is 12.2 Å².